The molecular formula is C27H28N2O3. The quantitative estimate of drug-likeness (QED) is 0.519. The Labute approximate surface area is 189 Å². The predicted octanol–water partition coefficient (Wildman–Crippen LogP) is 4.77. The largest absolute Gasteiger partial charge is 0.497 e. The summed E-state index contributed by atoms with van der Waals surface area (Å²) in [6.07, 6.45) is 0.857. The molecule has 1 heterocycles. The maximum atomic E-state index is 13.2. The molecule has 4 rings (SSSR count). The van der Waals surface area contributed by atoms with Gasteiger partial charge >= 0.3 is 0 Å². The van der Waals surface area contributed by atoms with Crippen molar-refractivity contribution in [2.45, 2.75) is 32.4 Å². The SMILES string of the molecule is COc1cccc(CN(CC2CC(c3ccc(C)cc3)=NO2)C(=O)Cc2ccccc2)c1. The number of rotatable bonds is 8. The van der Waals surface area contributed by atoms with E-state index in [-0.39, 0.29) is 12.0 Å². The summed E-state index contributed by atoms with van der Waals surface area (Å²) in [5.74, 6) is 0.839. The molecule has 0 radical (unpaired) electrons. The van der Waals surface area contributed by atoms with E-state index in [4.69, 9.17) is 9.57 Å². The van der Waals surface area contributed by atoms with Crippen molar-refractivity contribution >= 4 is 11.6 Å². The molecule has 3 aromatic rings. The number of ether oxygens (including phenoxy) is 1. The molecule has 1 unspecified atom stereocenters. The maximum Gasteiger partial charge on any atom is 0.227 e. The van der Waals surface area contributed by atoms with Crippen LogP contribution in [0.15, 0.2) is 84.0 Å². The Kier molecular flexibility index (Phi) is 6.85. The van der Waals surface area contributed by atoms with Gasteiger partial charge in [-0.05, 0) is 35.7 Å². The molecule has 1 aliphatic rings. The zero-order chi connectivity index (χ0) is 22.3. The second-order valence-electron chi connectivity index (χ2n) is 8.12. The van der Waals surface area contributed by atoms with Gasteiger partial charge in [-0.3, -0.25) is 4.79 Å². The summed E-state index contributed by atoms with van der Waals surface area (Å²) in [4.78, 5) is 20.8. The first-order valence-electron chi connectivity index (χ1n) is 10.8. The number of methoxy groups -OCH3 is 1. The number of benzene rings is 3. The van der Waals surface area contributed by atoms with Crippen LogP contribution in [0.4, 0.5) is 0 Å². The van der Waals surface area contributed by atoms with E-state index in [1.165, 1.54) is 5.56 Å². The highest BCUT2D eigenvalue weighted by atomic mass is 16.6. The van der Waals surface area contributed by atoms with Gasteiger partial charge in [0.25, 0.3) is 0 Å². The minimum atomic E-state index is -0.170. The third kappa shape index (κ3) is 5.55. The van der Waals surface area contributed by atoms with Gasteiger partial charge in [0.05, 0.1) is 25.8 Å². The van der Waals surface area contributed by atoms with Crippen LogP contribution in [0.2, 0.25) is 0 Å². The number of hydrogen-bond donors (Lipinski definition) is 0. The third-order valence-electron chi connectivity index (χ3n) is 5.60. The lowest BCUT2D eigenvalue weighted by molar-refractivity contribution is -0.132. The molecule has 0 saturated carbocycles. The number of carbonyl (C=O) groups is 1. The van der Waals surface area contributed by atoms with E-state index < -0.39 is 0 Å². The average molecular weight is 429 g/mol. The molecule has 1 amide bonds. The van der Waals surface area contributed by atoms with Gasteiger partial charge < -0.3 is 14.5 Å². The standard InChI is InChI=1S/C27H28N2O3/c1-20-11-13-23(14-12-20)26-17-25(32-28-26)19-29(18-22-9-6-10-24(15-22)31-2)27(30)16-21-7-4-3-5-8-21/h3-15,25H,16-19H2,1-2H3. The van der Waals surface area contributed by atoms with Gasteiger partial charge in [0.2, 0.25) is 5.91 Å². The summed E-state index contributed by atoms with van der Waals surface area (Å²) in [6.45, 7) is 3.03. The summed E-state index contributed by atoms with van der Waals surface area (Å²) in [6, 6.07) is 25.9. The van der Waals surface area contributed by atoms with Crippen molar-refractivity contribution in [3.8, 4) is 5.75 Å². The molecule has 0 aliphatic carbocycles. The van der Waals surface area contributed by atoms with Crippen molar-refractivity contribution in [1.29, 1.82) is 0 Å². The summed E-state index contributed by atoms with van der Waals surface area (Å²) in [5, 5.41) is 4.31. The second kappa shape index (κ2) is 10.1. The molecule has 0 fully saturated rings. The lowest BCUT2D eigenvalue weighted by atomic mass is 10.0. The van der Waals surface area contributed by atoms with E-state index in [0.29, 0.717) is 25.9 Å². The highest BCUT2D eigenvalue weighted by Gasteiger charge is 2.27. The molecule has 32 heavy (non-hydrogen) atoms. The fourth-order valence-electron chi connectivity index (χ4n) is 3.82. The Morgan fingerprint density at radius 3 is 2.53 bits per heavy atom. The molecule has 5 nitrogen and oxygen atoms in total. The zero-order valence-corrected chi connectivity index (χ0v) is 18.5. The molecule has 164 valence electrons. The van der Waals surface area contributed by atoms with Crippen molar-refractivity contribution in [3.05, 3.63) is 101 Å². The van der Waals surface area contributed by atoms with E-state index in [1.807, 2.05) is 59.5 Å². The summed E-state index contributed by atoms with van der Waals surface area (Å²) in [7, 11) is 1.65. The monoisotopic (exact) mass is 428 g/mol. The van der Waals surface area contributed by atoms with Crippen LogP contribution in [0.25, 0.3) is 0 Å². The number of oxime groups is 1. The van der Waals surface area contributed by atoms with E-state index >= 15 is 0 Å². The number of hydrogen-bond acceptors (Lipinski definition) is 4. The van der Waals surface area contributed by atoms with Crippen LogP contribution >= 0.6 is 0 Å². The van der Waals surface area contributed by atoms with Crippen LogP contribution < -0.4 is 4.74 Å². The van der Waals surface area contributed by atoms with Crippen molar-refractivity contribution < 1.29 is 14.4 Å². The van der Waals surface area contributed by atoms with Crippen LogP contribution in [0.3, 0.4) is 0 Å². The van der Waals surface area contributed by atoms with Gasteiger partial charge in [0, 0.05) is 13.0 Å². The minimum Gasteiger partial charge on any atom is -0.497 e. The smallest absolute Gasteiger partial charge is 0.227 e. The topological polar surface area (TPSA) is 51.1 Å². The van der Waals surface area contributed by atoms with Gasteiger partial charge in [0.15, 0.2) is 6.10 Å². The zero-order valence-electron chi connectivity index (χ0n) is 18.5. The molecule has 0 spiro atoms. The Bertz CT molecular complexity index is 1080. The van der Waals surface area contributed by atoms with Crippen LogP contribution in [-0.4, -0.2) is 36.3 Å². The molecule has 1 atom stereocenters. The Balaban J connectivity index is 1.47. The molecule has 3 aromatic carbocycles. The molecule has 1 aliphatic heterocycles. The molecule has 0 saturated heterocycles. The third-order valence-corrected chi connectivity index (χ3v) is 5.60. The number of carbonyl (C=O) groups excluding carboxylic acids is 1. The van der Waals surface area contributed by atoms with Crippen LogP contribution in [0, 0.1) is 6.92 Å². The minimum absolute atomic E-state index is 0.0615. The Hall–Kier alpha value is -3.60. The second-order valence-corrected chi connectivity index (χ2v) is 8.12. The normalized spacial score (nSPS) is 15.1. The number of nitrogens with zero attached hydrogens (tertiary/aromatic N) is 2. The van der Waals surface area contributed by atoms with E-state index in [9.17, 15) is 4.79 Å². The first-order chi connectivity index (χ1) is 15.6. The highest BCUT2D eigenvalue weighted by Crippen LogP contribution is 2.21. The molecular weight excluding hydrogens is 400 g/mol. The molecule has 0 aromatic heterocycles. The van der Waals surface area contributed by atoms with Crippen LogP contribution in [-0.2, 0) is 22.6 Å². The molecule has 0 N–H and O–H groups in total. The van der Waals surface area contributed by atoms with Crippen molar-refractivity contribution in [3.63, 3.8) is 0 Å². The van der Waals surface area contributed by atoms with Gasteiger partial charge in [-0.25, -0.2) is 0 Å². The maximum absolute atomic E-state index is 13.2. The predicted molar refractivity (Wildman–Crippen MR) is 126 cm³/mol. The lowest BCUT2D eigenvalue weighted by Gasteiger charge is -2.25. The van der Waals surface area contributed by atoms with Crippen molar-refractivity contribution in [1.82, 2.24) is 4.90 Å². The van der Waals surface area contributed by atoms with Crippen LogP contribution in [0.1, 0.15) is 28.7 Å². The lowest BCUT2D eigenvalue weighted by Crippen LogP contribution is -2.38. The molecule has 0 bridgehead atoms. The van der Waals surface area contributed by atoms with Gasteiger partial charge in [-0.15, -0.1) is 0 Å². The van der Waals surface area contributed by atoms with E-state index in [1.54, 1.807) is 7.11 Å². The van der Waals surface area contributed by atoms with Crippen molar-refractivity contribution in [2.75, 3.05) is 13.7 Å². The van der Waals surface area contributed by atoms with Crippen LogP contribution in [0.5, 0.6) is 5.75 Å². The fourth-order valence-corrected chi connectivity index (χ4v) is 3.82. The number of aryl methyl sites for hydroxylation is 1. The van der Waals surface area contributed by atoms with Gasteiger partial charge in [-0.1, -0.05) is 77.4 Å². The number of amides is 1. The summed E-state index contributed by atoms with van der Waals surface area (Å²) in [5.41, 5.74) is 5.21. The fraction of sp³-hybridized carbons (Fsp3) is 0.259. The van der Waals surface area contributed by atoms with Gasteiger partial charge in [-0.2, -0.15) is 0 Å². The first-order valence-corrected chi connectivity index (χ1v) is 10.8. The molecule has 5 heteroatoms. The van der Waals surface area contributed by atoms with E-state index in [2.05, 4.69) is 36.3 Å². The first kappa shape index (κ1) is 21.6. The van der Waals surface area contributed by atoms with E-state index in [0.717, 1.165) is 28.2 Å². The summed E-state index contributed by atoms with van der Waals surface area (Å²) >= 11 is 0. The van der Waals surface area contributed by atoms with Gasteiger partial charge in [0.1, 0.15) is 5.75 Å². The highest BCUT2D eigenvalue weighted by molar-refractivity contribution is 6.01. The summed E-state index contributed by atoms with van der Waals surface area (Å²) < 4.78 is 5.35. The Morgan fingerprint density at radius 1 is 1.03 bits per heavy atom. The average Bonchev–Trinajstić information content (AvgIpc) is 3.28. The Morgan fingerprint density at radius 2 is 1.78 bits per heavy atom. The van der Waals surface area contributed by atoms with Crippen molar-refractivity contribution in [2.24, 2.45) is 5.16 Å².